The lowest BCUT2D eigenvalue weighted by Crippen LogP contribution is -2.57. The summed E-state index contributed by atoms with van der Waals surface area (Å²) in [6.07, 6.45) is 3.91. The number of rotatable bonds is 4. The summed E-state index contributed by atoms with van der Waals surface area (Å²) in [5, 5.41) is 7.30. The summed E-state index contributed by atoms with van der Waals surface area (Å²) in [6, 6.07) is 0. The van der Waals surface area contributed by atoms with Crippen LogP contribution in [0.4, 0.5) is 0 Å². The minimum Gasteiger partial charge on any atom is -0.382 e. The number of carbonyl (C=O) groups excluding carboxylic acids is 1. The van der Waals surface area contributed by atoms with Crippen molar-refractivity contribution in [3.8, 4) is 0 Å². The molecule has 1 saturated carbocycles. The quantitative estimate of drug-likeness (QED) is 0.924. The molecule has 6 nitrogen and oxygen atoms in total. The van der Waals surface area contributed by atoms with Crippen molar-refractivity contribution in [3.05, 3.63) is 17.0 Å². The third-order valence-electron chi connectivity index (χ3n) is 5.15. The Hall–Kier alpha value is -1.40. The van der Waals surface area contributed by atoms with Crippen LogP contribution >= 0.6 is 0 Å². The molecule has 122 valence electrons. The van der Waals surface area contributed by atoms with Crippen LogP contribution < -0.4 is 0 Å². The van der Waals surface area contributed by atoms with Crippen molar-refractivity contribution >= 4 is 5.91 Å². The van der Waals surface area contributed by atoms with Gasteiger partial charge in [-0.25, -0.2) is 0 Å². The first kappa shape index (κ1) is 15.5. The first-order valence-corrected chi connectivity index (χ1v) is 7.98. The summed E-state index contributed by atoms with van der Waals surface area (Å²) < 4.78 is 11.1. The Balaban J connectivity index is 1.87. The zero-order valence-electron chi connectivity index (χ0n) is 13.8. The molecular formula is C16H25N3O3. The number of aromatic amines is 1. The van der Waals surface area contributed by atoms with E-state index in [-0.39, 0.29) is 23.7 Å². The number of carbonyl (C=O) groups is 1. The van der Waals surface area contributed by atoms with Crippen molar-refractivity contribution in [1.29, 1.82) is 0 Å². The van der Waals surface area contributed by atoms with E-state index in [1.165, 1.54) is 0 Å². The predicted octanol–water partition coefficient (Wildman–Crippen LogP) is 2.07. The molecule has 2 atom stereocenters. The van der Waals surface area contributed by atoms with Gasteiger partial charge in [-0.15, -0.1) is 0 Å². The molecule has 3 rings (SSSR count). The lowest BCUT2D eigenvalue weighted by Gasteiger charge is -2.48. The van der Waals surface area contributed by atoms with Crippen LogP contribution in [0.1, 0.15) is 61.0 Å². The highest BCUT2D eigenvalue weighted by Gasteiger charge is 2.44. The molecule has 0 saturated heterocycles. The molecule has 1 aromatic heterocycles. The second-order valence-corrected chi connectivity index (χ2v) is 6.63. The van der Waals surface area contributed by atoms with Crippen LogP contribution in [0.5, 0.6) is 0 Å². The van der Waals surface area contributed by atoms with Gasteiger partial charge >= 0.3 is 0 Å². The maximum Gasteiger partial charge on any atom is 0.274 e. The van der Waals surface area contributed by atoms with Crippen molar-refractivity contribution in [1.82, 2.24) is 15.1 Å². The summed E-state index contributed by atoms with van der Waals surface area (Å²) >= 11 is 0. The smallest absolute Gasteiger partial charge is 0.274 e. The highest BCUT2D eigenvalue weighted by atomic mass is 16.5. The normalized spacial score (nSPS) is 26.2. The number of nitrogens with zero attached hydrogens (tertiary/aromatic N) is 2. The standard InChI is InChI=1S/C16H25N3O3/c1-10-8-12-13(11(2)22-10)17-18-14(12)15(20)19(3)16(9-21-4)6-5-7-16/h10-11H,5-9H2,1-4H3,(H,17,18)/t10-,11+/m0/s1. The van der Waals surface area contributed by atoms with Gasteiger partial charge in [0, 0.05) is 26.1 Å². The zero-order chi connectivity index (χ0) is 15.9. The number of aromatic nitrogens is 2. The van der Waals surface area contributed by atoms with Crippen LogP contribution in [0.25, 0.3) is 0 Å². The van der Waals surface area contributed by atoms with E-state index < -0.39 is 0 Å². The lowest BCUT2D eigenvalue weighted by molar-refractivity contribution is -0.0193. The number of ether oxygens (including phenoxy) is 2. The summed E-state index contributed by atoms with van der Waals surface area (Å²) in [6.45, 7) is 4.60. The molecule has 2 heterocycles. The molecule has 22 heavy (non-hydrogen) atoms. The molecule has 0 spiro atoms. The van der Waals surface area contributed by atoms with E-state index in [0.29, 0.717) is 12.3 Å². The van der Waals surface area contributed by atoms with E-state index >= 15 is 0 Å². The van der Waals surface area contributed by atoms with Gasteiger partial charge in [-0.1, -0.05) is 0 Å². The van der Waals surface area contributed by atoms with E-state index in [4.69, 9.17) is 9.47 Å². The fourth-order valence-corrected chi connectivity index (χ4v) is 3.65. The molecule has 0 unspecified atom stereocenters. The fourth-order valence-electron chi connectivity index (χ4n) is 3.65. The average molecular weight is 307 g/mol. The Bertz CT molecular complexity index is 565. The van der Waals surface area contributed by atoms with Gasteiger partial charge in [0.2, 0.25) is 0 Å². The van der Waals surface area contributed by atoms with Gasteiger partial charge < -0.3 is 14.4 Å². The maximum atomic E-state index is 13.0. The van der Waals surface area contributed by atoms with Crippen LogP contribution in [0.3, 0.4) is 0 Å². The molecular weight excluding hydrogens is 282 g/mol. The SMILES string of the molecule is COCC1(N(C)C(=O)c2n[nH]c3c2C[C@H](C)O[C@@H]3C)CCC1. The van der Waals surface area contributed by atoms with Crippen molar-refractivity contribution in [2.45, 2.75) is 57.3 Å². The molecule has 2 aliphatic rings. The van der Waals surface area contributed by atoms with Crippen molar-refractivity contribution in [2.75, 3.05) is 20.8 Å². The Morgan fingerprint density at radius 3 is 2.82 bits per heavy atom. The molecule has 0 bridgehead atoms. The second-order valence-electron chi connectivity index (χ2n) is 6.63. The zero-order valence-corrected chi connectivity index (χ0v) is 13.8. The van der Waals surface area contributed by atoms with E-state index in [9.17, 15) is 4.79 Å². The van der Waals surface area contributed by atoms with Gasteiger partial charge in [-0.3, -0.25) is 9.89 Å². The summed E-state index contributed by atoms with van der Waals surface area (Å²) in [5.74, 6) is -0.0180. The van der Waals surface area contributed by atoms with Gasteiger partial charge in [0.05, 0.1) is 30.0 Å². The molecule has 1 aliphatic heterocycles. The van der Waals surface area contributed by atoms with Crippen molar-refractivity contribution in [2.24, 2.45) is 0 Å². The summed E-state index contributed by atoms with van der Waals surface area (Å²) in [4.78, 5) is 14.8. The molecule has 1 aliphatic carbocycles. The number of likely N-dealkylation sites (N-methyl/N-ethyl adjacent to an activating group) is 1. The Labute approximate surface area is 131 Å². The monoisotopic (exact) mass is 307 g/mol. The van der Waals surface area contributed by atoms with E-state index in [2.05, 4.69) is 10.2 Å². The summed E-state index contributed by atoms with van der Waals surface area (Å²) in [5.41, 5.74) is 2.32. The highest BCUT2D eigenvalue weighted by Crippen LogP contribution is 2.38. The number of nitrogens with one attached hydrogen (secondary N) is 1. The third-order valence-corrected chi connectivity index (χ3v) is 5.15. The number of hydrogen-bond acceptors (Lipinski definition) is 4. The molecule has 0 aromatic carbocycles. The molecule has 1 N–H and O–H groups in total. The number of hydrogen-bond donors (Lipinski definition) is 1. The van der Waals surface area contributed by atoms with Gasteiger partial charge in [-0.2, -0.15) is 5.10 Å². The third kappa shape index (κ3) is 2.34. The molecule has 1 fully saturated rings. The number of H-pyrrole nitrogens is 1. The van der Waals surface area contributed by atoms with Gasteiger partial charge in [0.1, 0.15) is 0 Å². The number of methoxy groups -OCH3 is 1. The Kier molecular flexibility index (Phi) is 3.99. The van der Waals surface area contributed by atoms with Crippen molar-refractivity contribution in [3.63, 3.8) is 0 Å². The maximum absolute atomic E-state index is 13.0. The molecule has 1 amide bonds. The Morgan fingerprint density at radius 1 is 1.50 bits per heavy atom. The summed E-state index contributed by atoms with van der Waals surface area (Å²) in [7, 11) is 3.56. The van der Waals surface area contributed by atoms with E-state index in [1.807, 2.05) is 25.8 Å². The first-order valence-electron chi connectivity index (χ1n) is 7.98. The Morgan fingerprint density at radius 2 is 2.23 bits per heavy atom. The fraction of sp³-hybridized carbons (Fsp3) is 0.750. The van der Waals surface area contributed by atoms with E-state index in [0.717, 1.165) is 36.9 Å². The molecule has 0 radical (unpaired) electrons. The predicted molar refractivity (Wildman–Crippen MR) is 81.8 cm³/mol. The van der Waals surface area contributed by atoms with Crippen LogP contribution in [0.15, 0.2) is 0 Å². The topological polar surface area (TPSA) is 67.5 Å². The number of amides is 1. The van der Waals surface area contributed by atoms with Gasteiger partial charge in [-0.05, 0) is 33.1 Å². The van der Waals surface area contributed by atoms with Crippen molar-refractivity contribution < 1.29 is 14.3 Å². The van der Waals surface area contributed by atoms with Crippen LogP contribution in [0, 0.1) is 0 Å². The van der Waals surface area contributed by atoms with Crippen LogP contribution in [-0.2, 0) is 15.9 Å². The van der Waals surface area contributed by atoms with Crippen LogP contribution in [-0.4, -0.2) is 53.4 Å². The largest absolute Gasteiger partial charge is 0.382 e. The number of fused-ring (bicyclic) bond motifs is 1. The highest BCUT2D eigenvalue weighted by molar-refractivity contribution is 5.94. The minimum absolute atomic E-state index is 0.0180. The molecule has 6 heteroatoms. The van der Waals surface area contributed by atoms with Gasteiger partial charge in [0.15, 0.2) is 5.69 Å². The second kappa shape index (κ2) is 5.66. The lowest BCUT2D eigenvalue weighted by atomic mass is 9.76. The van der Waals surface area contributed by atoms with Gasteiger partial charge in [0.25, 0.3) is 5.91 Å². The average Bonchev–Trinajstić information content (AvgIpc) is 2.85. The minimum atomic E-state index is -0.167. The van der Waals surface area contributed by atoms with E-state index in [1.54, 1.807) is 7.11 Å². The molecule has 1 aromatic rings. The van der Waals surface area contributed by atoms with Crippen LogP contribution in [0.2, 0.25) is 0 Å². The first-order chi connectivity index (χ1) is 10.5.